The first-order valence-corrected chi connectivity index (χ1v) is 6.24. The van der Waals surface area contributed by atoms with E-state index in [9.17, 15) is 22.4 Å². The summed E-state index contributed by atoms with van der Waals surface area (Å²) >= 11 is 0. The van der Waals surface area contributed by atoms with E-state index in [1.807, 2.05) is 0 Å². The van der Waals surface area contributed by atoms with E-state index in [-0.39, 0.29) is 11.4 Å². The van der Waals surface area contributed by atoms with Gasteiger partial charge in [-0.25, -0.2) is 4.39 Å². The fourth-order valence-corrected chi connectivity index (χ4v) is 1.66. The predicted molar refractivity (Wildman–Crippen MR) is 72.2 cm³/mol. The molecule has 0 spiro atoms. The molecule has 0 radical (unpaired) electrons. The van der Waals surface area contributed by atoms with Gasteiger partial charge in [0, 0.05) is 11.7 Å². The smallest absolute Gasteiger partial charge is 0.396 e. The summed E-state index contributed by atoms with van der Waals surface area (Å²) in [7, 11) is 0. The number of nitrogens with one attached hydrogen (secondary N) is 1. The number of nitrogen functional groups attached to an aromatic ring is 1. The van der Waals surface area contributed by atoms with Crippen LogP contribution >= 0.6 is 0 Å². The summed E-state index contributed by atoms with van der Waals surface area (Å²) in [6, 6.07) is 3.11. The second kappa shape index (κ2) is 6.75. The van der Waals surface area contributed by atoms with E-state index in [2.05, 4.69) is 5.32 Å². The van der Waals surface area contributed by atoms with Gasteiger partial charge in [-0.3, -0.25) is 9.69 Å². The van der Waals surface area contributed by atoms with Crippen LogP contribution in [0.1, 0.15) is 13.8 Å². The molecular formula is C13H17F4N3O. The van der Waals surface area contributed by atoms with Crippen molar-refractivity contribution >= 4 is 17.3 Å². The third-order valence-corrected chi connectivity index (χ3v) is 2.74. The van der Waals surface area contributed by atoms with Crippen LogP contribution in [0.25, 0.3) is 0 Å². The number of nitrogens with zero attached hydrogens (tertiary/aromatic N) is 1. The minimum atomic E-state index is -4.38. The number of nitrogens with two attached hydrogens (primary N) is 1. The number of rotatable bonds is 5. The Morgan fingerprint density at radius 1 is 1.38 bits per heavy atom. The van der Waals surface area contributed by atoms with E-state index in [1.165, 1.54) is 12.1 Å². The van der Waals surface area contributed by atoms with Crippen LogP contribution in [-0.2, 0) is 4.79 Å². The van der Waals surface area contributed by atoms with Gasteiger partial charge in [-0.1, -0.05) is 0 Å². The van der Waals surface area contributed by atoms with Crippen LogP contribution in [0.5, 0.6) is 0 Å². The third-order valence-electron chi connectivity index (χ3n) is 2.74. The fraction of sp³-hybridized carbons (Fsp3) is 0.462. The van der Waals surface area contributed by atoms with Gasteiger partial charge in [-0.05, 0) is 32.0 Å². The molecule has 0 saturated carbocycles. The SMILES string of the molecule is CC(C)N(CC(=O)Nc1ccc(F)c(N)c1)CC(F)(F)F. The molecule has 118 valence electrons. The van der Waals surface area contributed by atoms with Crippen molar-refractivity contribution in [1.82, 2.24) is 4.90 Å². The van der Waals surface area contributed by atoms with Gasteiger partial charge in [-0.15, -0.1) is 0 Å². The Morgan fingerprint density at radius 2 is 2.00 bits per heavy atom. The normalized spacial score (nSPS) is 12.0. The quantitative estimate of drug-likeness (QED) is 0.649. The van der Waals surface area contributed by atoms with Crippen LogP contribution in [0.3, 0.4) is 0 Å². The van der Waals surface area contributed by atoms with Crippen LogP contribution in [0.4, 0.5) is 28.9 Å². The molecule has 0 unspecified atom stereocenters. The van der Waals surface area contributed by atoms with Gasteiger partial charge >= 0.3 is 6.18 Å². The highest BCUT2D eigenvalue weighted by Crippen LogP contribution is 2.19. The molecule has 4 nitrogen and oxygen atoms in total. The fourth-order valence-electron chi connectivity index (χ4n) is 1.66. The van der Waals surface area contributed by atoms with Gasteiger partial charge in [0.05, 0.1) is 18.8 Å². The first kappa shape index (κ1) is 17.2. The summed E-state index contributed by atoms with van der Waals surface area (Å²) in [5, 5.41) is 2.39. The lowest BCUT2D eigenvalue weighted by Gasteiger charge is -2.26. The molecule has 21 heavy (non-hydrogen) atoms. The Kier molecular flexibility index (Phi) is 5.54. The summed E-state index contributed by atoms with van der Waals surface area (Å²) in [5.74, 6) is -1.26. The lowest BCUT2D eigenvalue weighted by molar-refractivity contribution is -0.151. The highest BCUT2D eigenvalue weighted by molar-refractivity contribution is 5.92. The summed E-state index contributed by atoms with van der Waals surface area (Å²) < 4.78 is 50.2. The topological polar surface area (TPSA) is 58.4 Å². The molecule has 1 rings (SSSR count). The second-order valence-corrected chi connectivity index (χ2v) is 4.90. The van der Waals surface area contributed by atoms with Gasteiger partial charge in [0.2, 0.25) is 5.91 Å². The van der Waals surface area contributed by atoms with E-state index in [4.69, 9.17) is 5.73 Å². The van der Waals surface area contributed by atoms with Gasteiger partial charge in [-0.2, -0.15) is 13.2 Å². The average molecular weight is 307 g/mol. The van der Waals surface area contributed by atoms with Gasteiger partial charge in [0.15, 0.2) is 0 Å². The molecule has 3 N–H and O–H groups in total. The Hall–Kier alpha value is -1.83. The maximum Gasteiger partial charge on any atom is 0.401 e. The molecule has 0 bridgehead atoms. The summed E-state index contributed by atoms with van der Waals surface area (Å²) in [5.41, 5.74) is 5.43. The van der Waals surface area contributed by atoms with Crippen molar-refractivity contribution in [1.29, 1.82) is 0 Å². The van der Waals surface area contributed by atoms with Crippen molar-refractivity contribution in [2.24, 2.45) is 0 Å². The number of halogens is 4. The van der Waals surface area contributed by atoms with Crippen molar-refractivity contribution in [3.8, 4) is 0 Å². The van der Waals surface area contributed by atoms with Crippen LogP contribution in [0, 0.1) is 5.82 Å². The molecule has 0 saturated heterocycles. The van der Waals surface area contributed by atoms with Gasteiger partial charge in [0.25, 0.3) is 0 Å². The molecular weight excluding hydrogens is 290 g/mol. The maximum atomic E-state index is 13.0. The molecule has 1 amide bonds. The third kappa shape index (κ3) is 5.99. The Balaban J connectivity index is 2.67. The molecule has 1 aromatic carbocycles. The molecule has 0 heterocycles. The zero-order chi connectivity index (χ0) is 16.2. The highest BCUT2D eigenvalue weighted by atomic mass is 19.4. The van der Waals surface area contributed by atoms with Crippen molar-refractivity contribution in [2.45, 2.75) is 26.1 Å². The molecule has 0 aliphatic carbocycles. The number of benzene rings is 1. The van der Waals surface area contributed by atoms with Crippen LogP contribution in [-0.4, -0.2) is 36.1 Å². The molecule has 0 aliphatic rings. The van der Waals surface area contributed by atoms with E-state index in [0.29, 0.717) is 0 Å². The minimum absolute atomic E-state index is 0.149. The minimum Gasteiger partial charge on any atom is -0.396 e. The molecule has 0 atom stereocenters. The maximum absolute atomic E-state index is 13.0. The Labute approximate surface area is 119 Å². The number of alkyl halides is 3. The summed E-state index contributed by atoms with van der Waals surface area (Å²) in [6.45, 7) is 1.53. The van der Waals surface area contributed by atoms with E-state index in [1.54, 1.807) is 13.8 Å². The number of hydrogen-bond donors (Lipinski definition) is 2. The monoisotopic (exact) mass is 307 g/mol. The summed E-state index contributed by atoms with van der Waals surface area (Å²) in [4.78, 5) is 12.7. The number of amides is 1. The first-order chi connectivity index (χ1) is 9.58. The highest BCUT2D eigenvalue weighted by Gasteiger charge is 2.32. The van der Waals surface area contributed by atoms with Crippen LogP contribution < -0.4 is 11.1 Å². The largest absolute Gasteiger partial charge is 0.401 e. The van der Waals surface area contributed by atoms with Gasteiger partial charge in [0.1, 0.15) is 5.82 Å². The Bertz CT molecular complexity index is 503. The van der Waals surface area contributed by atoms with Crippen molar-refractivity contribution in [3.05, 3.63) is 24.0 Å². The van der Waals surface area contributed by atoms with Crippen LogP contribution in [0.15, 0.2) is 18.2 Å². The standard InChI is InChI=1S/C13H17F4N3O/c1-8(2)20(7-13(15,16)17)6-12(21)19-9-3-4-10(14)11(18)5-9/h3-5,8H,6-7,18H2,1-2H3,(H,19,21). The number of carbonyl (C=O) groups is 1. The van der Waals surface area contributed by atoms with Crippen LogP contribution in [0.2, 0.25) is 0 Å². The molecule has 8 heteroatoms. The zero-order valence-electron chi connectivity index (χ0n) is 11.7. The molecule has 0 aliphatic heterocycles. The van der Waals surface area contributed by atoms with Gasteiger partial charge < -0.3 is 11.1 Å². The van der Waals surface area contributed by atoms with E-state index >= 15 is 0 Å². The lowest BCUT2D eigenvalue weighted by atomic mass is 10.2. The van der Waals surface area contributed by atoms with E-state index < -0.39 is 37.0 Å². The molecule has 0 fully saturated rings. The Morgan fingerprint density at radius 3 is 2.48 bits per heavy atom. The number of hydrogen-bond acceptors (Lipinski definition) is 3. The zero-order valence-corrected chi connectivity index (χ0v) is 11.7. The first-order valence-electron chi connectivity index (χ1n) is 6.24. The molecule has 1 aromatic rings. The molecule has 0 aromatic heterocycles. The number of anilines is 2. The predicted octanol–water partition coefficient (Wildman–Crippen LogP) is 2.62. The second-order valence-electron chi connectivity index (χ2n) is 4.90. The van der Waals surface area contributed by atoms with Crippen molar-refractivity contribution in [3.63, 3.8) is 0 Å². The van der Waals surface area contributed by atoms with E-state index in [0.717, 1.165) is 11.0 Å². The summed E-state index contributed by atoms with van der Waals surface area (Å²) in [6.07, 6.45) is -4.38. The number of carbonyl (C=O) groups excluding carboxylic acids is 1. The lowest BCUT2D eigenvalue weighted by Crippen LogP contribution is -2.43. The van der Waals surface area contributed by atoms with Crippen molar-refractivity contribution < 1.29 is 22.4 Å². The van der Waals surface area contributed by atoms with Crippen molar-refractivity contribution in [2.75, 3.05) is 24.1 Å². The average Bonchev–Trinajstić information content (AvgIpc) is 2.31.